The van der Waals surface area contributed by atoms with Crippen molar-refractivity contribution in [3.63, 3.8) is 0 Å². The van der Waals surface area contributed by atoms with Gasteiger partial charge in [-0.25, -0.2) is 9.97 Å². The molecule has 0 radical (unpaired) electrons. The van der Waals surface area contributed by atoms with Crippen molar-refractivity contribution in [3.05, 3.63) is 180 Å². The van der Waals surface area contributed by atoms with E-state index >= 15 is 0 Å². The summed E-state index contributed by atoms with van der Waals surface area (Å²) in [4.78, 5) is 10.4. The van der Waals surface area contributed by atoms with Gasteiger partial charge >= 0.3 is 0 Å². The molecule has 7 aromatic carbocycles. The highest BCUT2D eigenvalue weighted by atomic mass is 16.5. The van der Waals surface area contributed by atoms with Gasteiger partial charge < -0.3 is 4.74 Å². The molecule has 328 valence electrons. The summed E-state index contributed by atoms with van der Waals surface area (Å²) in [7, 11) is 0. The predicted octanol–water partition coefficient (Wildman–Crippen LogP) is 16.4. The minimum Gasteiger partial charge on any atom is -0.457 e. The molecule has 0 saturated heterocycles. The maximum absolute atomic E-state index is 6.93. The van der Waals surface area contributed by atoms with Crippen LogP contribution in [0.15, 0.2) is 158 Å². The zero-order chi connectivity index (χ0) is 45.9. The van der Waals surface area contributed by atoms with Gasteiger partial charge in [-0.1, -0.05) is 148 Å². The molecule has 0 N–H and O–H groups in total. The first-order valence-corrected chi connectivity index (χ1v) is 23.4. The average Bonchev–Trinajstić information content (AvgIpc) is 3.83. The number of aromatic nitrogens is 4. The quantitative estimate of drug-likeness (QED) is 0.167. The van der Waals surface area contributed by atoms with Gasteiger partial charge in [0, 0.05) is 34.2 Å². The molecule has 5 nitrogen and oxygen atoms in total. The molecule has 1 aliphatic carbocycles. The summed E-state index contributed by atoms with van der Waals surface area (Å²) >= 11 is 0. The second kappa shape index (κ2) is 14.8. The number of rotatable bonds is 6. The van der Waals surface area contributed by atoms with E-state index in [-0.39, 0.29) is 21.7 Å². The lowest BCUT2D eigenvalue weighted by Crippen LogP contribution is -2.34. The van der Waals surface area contributed by atoms with Gasteiger partial charge in [-0.05, 0) is 133 Å². The van der Waals surface area contributed by atoms with Crippen molar-refractivity contribution in [2.75, 3.05) is 0 Å². The van der Waals surface area contributed by atoms with Crippen molar-refractivity contribution in [3.8, 4) is 45.5 Å². The Morgan fingerprint density at radius 1 is 0.515 bits per heavy atom. The fourth-order valence-corrected chi connectivity index (χ4v) is 11.0. The second-order valence-corrected chi connectivity index (χ2v) is 21.9. The average molecular weight is 863 g/mol. The van der Waals surface area contributed by atoms with E-state index in [2.05, 4.69) is 224 Å². The summed E-state index contributed by atoms with van der Waals surface area (Å²) in [5, 5.41) is 5.12. The number of fused-ring (bicyclic) bond motifs is 5. The Labute approximate surface area is 388 Å². The normalized spacial score (nSPS) is 14.7. The van der Waals surface area contributed by atoms with Crippen LogP contribution in [-0.2, 0) is 21.7 Å². The van der Waals surface area contributed by atoms with E-state index in [9.17, 15) is 0 Å². The molecule has 0 atom stereocenters. The zero-order valence-electron chi connectivity index (χ0n) is 39.9. The fraction of sp³-hybridized carbons (Fsp3) is 0.246. The smallest absolute Gasteiger partial charge is 0.145 e. The SMILES string of the molecule is CC(C)(C)c1ccnc(-n2c3cc(Oc4cccc(-c5nc6ccccc6n5-c5ccc(C(C)(C)C)cc5-c5ccccc5)c4)ccc3c3c4cccc5c4c(cc32)C(C)(C)CC5(C)C)c1. The van der Waals surface area contributed by atoms with Crippen molar-refractivity contribution in [1.82, 2.24) is 19.1 Å². The van der Waals surface area contributed by atoms with Crippen LogP contribution in [0.1, 0.15) is 97.9 Å². The Morgan fingerprint density at radius 3 is 2.00 bits per heavy atom. The summed E-state index contributed by atoms with van der Waals surface area (Å²) < 4.78 is 11.6. The van der Waals surface area contributed by atoms with E-state index < -0.39 is 0 Å². The van der Waals surface area contributed by atoms with Gasteiger partial charge in [0.25, 0.3) is 0 Å². The molecular formula is C61H58N4O. The summed E-state index contributed by atoms with van der Waals surface area (Å²) in [5.41, 5.74) is 13.9. The van der Waals surface area contributed by atoms with Crippen LogP contribution in [0.4, 0.5) is 0 Å². The molecule has 0 bridgehead atoms. The van der Waals surface area contributed by atoms with Crippen molar-refractivity contribution in [1.29, 1.82) is 0 Å². The van der Waals surface area contributed by atoms with Gasteiger partial charge in [0.05, 0.1) is 27.8 Å². The van der Waals surface area contributed by atoms with E-state index in [0.717, 1.165) is 68.5 Å². The number of ether oxygens (including phenoxy) is 1. The largest absolute Gasteiger partial charge is 0.457 e. The highest BCUT2D eigenvalue weighted by Crippen LogP contribution is 2.52. The molecule has 0 saturated carbocycles. The topological polar surface area (TPSA) is 44.9 Å². The highest BCUT2D eigenvalue weighted by Gasteiger charge is 2.40. The van der Waals surface area contributed by atoms with E-state index in [1.54, 1.807) is 0 Å². The Morgan fingerprint density at radius 2 is 1.21 bits per heavy atom. The number of pyridine rings is 1. The number of hydrogen-bond donors (Lipinski definition) is 0. The Bertz CT molecular complexity index is 3550. The summed E-state index contributed by atoms with van der Waals surface area (Å²) in [6.07, 6.45) is 3.03. The number of imidazole rings is 1. The van der Waals surface area contributed by atoms with E-state index in [0.29, 0.717) is 0 Å². The zero-order valence-corrected chi connectivity index (χ0v) is 39.9. The molecule has 1 aliphatic rings. The Kier molecular flexibility index (Phi) is 9.33. The van der Waals surface area contributed by atoms with Crippen molar-refractivity contribution < 1.29 is 4.74 Å². The standard InChI is InChI=1S/C61H58N4O/c1-58(2,3)40-26-29-50(46(33-40)38-18-12-11-13-19-38)65-51-25-15-14-24-49(51)63-57(65)39-20-16-21-42(32-39)66-43-27-28-44-52(35-43)64(54-34-41(30-31-62-54)59(4,5)6)53-36-48-56-45(55(44)53)22-17-23-47(56)60(7,8)37-61(48,9)10/h11-36H,37H2,1-10H3. The van der Waals surface area contributed by atoms with Gasteiger partial charge in [-0.15, -0.1) is 0 Å². The molecule has 66 heavy (non-hydrogen) atoms. The van der Waals surface area contributed by atoms with E-state index in [4.69, 9.17) is 14.7 Å². The summed E-state index contributed by atoms with van der Waals surface area (Å²) in [5.74, 6) is 3.25. The van der Waals surface area contributed by atoms with Crippen LogP contribution >= 0.6 is 0 Å². The van der Waals surface area contributed by atoms with Crippen LogP contribution in [-0.4, -0.2) is 19.1 Å². The van der Waals surface area contributed by atoms with E-state index in [1.165, 1.54) is 49.3 Å². The van der Waals surface area contributed by atoms with Crippen LogP contribution in [0, 0.1) is 0 Å². The van der Waals surface area contributed by atoms with Gasteiger partial charge in [-0.2, -0.15) is 0 Å². The van der Waals surface area contributed by atoms with Crippen LogP contribution in [0.5, 0.6) is 11.5 Å². The molecule has 0 aliphatic heterocycles. The Hall–Kier alpha value is -6.98. The molecule has 3 aromatic heterocycles. The summed E-state index contributed by atoms with van der Waals surface area (Å²) in [6, 6.07) is 54.8. The lowest BCUT2D eigenvalue weighted by Gasteiger charge is -2.42. The fourth-order valence-electron chi connectivity index (χ4n) is 11.0. The highest BCUT2D eigenvalue weighted by molar-refractivity contribution is 6.23. The van der Waals surface area contributed by atoms with Gasteiger partial charge in [0.15, 0.2) is 0 Å². The van der Waals surface area contributed by atoms with Gasteiger partial charge in [0.2, 0.25) is 0 Å². The molecular weight excluding hydrogens is 805 g/mol. The lowest BCUT2D eigenvalue weighted by atomic mass is 9.61. The van der Waals surface area contributed by atoms with Gasteiger partial charge in [-0.3, -0.25) is 9.13 Å². The third-order valence-corrected chi connectivity index (χ3v) is 14.1. The maximum Gasteiger partial charge on any atom is 0.145 e. The molecule has 0 unspecified atom stereocenters. The second-order valence-electron chi connectivity index (χ2n) is 21.9. The molecule has 0 spiro atoms. The van der Waals surface area contributed by atoms with E-state index in [1.807, 2.05) is 12.3 Å². The Balaban J connectivity index is 1.08. The van der Waals surface area contributed by atoms with Gasteiger partial charge in [0.1, 0.15) is 23.1 Å². The number of para-hydroxylation sites is 2. The molecule has 0 amide bonds. The first-order valence-electron chi connectivity index (χ1n) is 23.4. The third kappa shape index (κ3) is 6.82. The third-order valence-electron chi connectivity index (χ3n) is 14.1. The molecule has 0 fully saturated rings. The minimum absolute atomic E-state index is 0.0141. The van der Waals surface area contributed by atoms with Crippen LogP contribution in [0.25, 0.3) is 77.6 Å². The van der Waals surface area contributed by atoms with Crippen molar-refractivity contribution in [2.45, 2.75) is 97.3 Å². The monoisotopic (exact) mass is 862 g/mol. The molecule has 10 aromatic rings. The van der Waals surface area contributed by atoms with Crippen LogP contribution < -0.4 is 4.74 Å². The first-order chi connectivity index (χ1) is 31.5. The number of benzene rings is 7. The first kappa shape index (κ1) is 41.7. The number of nitrogens with zero attached hydrogens (tertiary/aromatic N) is 4. The van der Waals surface area contributed by atoms with Crippen LogP contribution in [0.3, 0.4) is 0 Å². The van der Waals surface area contributed by atoms with Crippen LogP contribution in [0.2, 0.25) is 0 Å². The van der Waals surface area contributed by atoms with Crippen molar-refractivity contribution >= 4 is 43.6 Å². The molecule has 3 heterocycles. The molecule has 11 rings (SSSR count). The maximum atomic E-state index is 6.93. The summed E-state index contributed by atoms with van der Waals surface area (Å²) in [6.45, 7) is 23.2. The minimum atomic E-state index is -0.0452. The predicted molar refractivity (Wildman–Crippen MR) is 276 cm³/mol. The molecule has 5 heteroatoms. The number of hydrogen-bond acceptors (Lipinski definition) is 3. The lowest BCUT2D eigenvalue weighted by molar-refractivity contribution is 0.341. The van der Waals surface area contributed by atoms with Crippen molar-refractivity contribution in [2.24, 2.45) is 0 Å².